The highest BCUT2D eigenvalue weighted by molar-refractivity contribution is 5.88. The Morgan fingerprint density at radius 3 is 2.42 bits per heavy atom. The Labute approximate surface area is 138 Å². The molecule has 3 heterocycles. The molecular weight excluding hydrogens is 311 g/mol. The minimum Gasteiger partial charge on any atom is -0.448 e. The number of halogens is 1. The molecule has 0 saturated carbocycles. The first-order valence-electron chi connectivity index (χ1n) is 7.26. The average Bonchev–Trinajstić information content (AvgIpc) is 2.56. The van der Waals surface area contributed by atoms with Crippen molar-refractivity contribution in [1.82, 2.24) is 0 Å². The summed E-state index contributed by atoms with van der Waals surface area (Å²) >= 11 is 0. The summed E-state index contributed by atoms with van der Waals surface area (Å²) in [5.74, 6) is -3.29. The van der Waals surface area contributed by atoms with E-state index in [4.69, 9.17) is 14.9 Å². The molecule has 0 aromatic heterocycles. The fourth-order valence-corrected chi connectivity index (χ4v) is 3.64. The molecule has 0 unspecified atom stereocenters. The van der Waals surface area contributed by atoms with Crippen LogP contribution in [0.5, 0.6) is 0 Å². The summed E-state index contributed by atoms with van der Waals surface area (Å²) in [5, 5.41) is 37.7. The standard InChI is InChI=1S/C17H13FN4O2/c1-10-15(2)23-13(11-4-3-5-12(18)6-11)17(9-21,14(22)24-15)16(10,7-19)8-20/h3-6,10,13,22H,1-2H3/t10-,13+,15-,17-/m1/s1. The van der Waals surface area contributed by atoms with Crippen molar-refractivity contribution in [2.45, 2.75) is 25.7 Å². The SMILES string of the molecule is C[C@H]1C(C#N)(C#N)[C@@]2(C#N)C(=N)O[C@@]1(C)O[C@H]2c1cccc(F)c1. The molecule has 24 heavy (non-hydrogen) atoms. The highest BCUT2D eigenvalue weighted by Gasteiger charge is 2.78. The molecule has 3 aliphatic rings. The Morgan fingerprint density at radius 1 is 1.21 bits per heavy atom. The normalized spacial score (nSPS) is 36.1. The second-order valence-electron chi connectivity index (χ2n) is 6.17. The average molecular weight is 324 g/mol. The van der Waals surface area contributed by atoms with Crippen molar-refractivity contribution < 1.29 is 13.9 Å². The predicted molar refractivity (Wildman–Crippen MR) is 78.3 cm³/mol. The second kappa shape index (κ2) is 4.77. The molecule has 3 saturated heterocycles. The van der Waals surface area contributed by atoms with E-state index in [1.54, 1.807) is 6.92 Å². The molecule has 4 rings (SSSR count). The van der Waals surface area contributed by atoms with Gasteiger partial charge in [-0.2, -0.15) is 15.8 Å². The molecule has 0 radical (unpaired) electrons. The Kier molecular flexibility index (Phi) is 3.17. The number of ether oxygens (including phenoxy) is 2. The van der Waals surface area contributed by atoms with Gasteiger partial charge in [0, 0.05) is 6.92 Å². The lowest BCUT2D eigenvalue weighted by atomic mass is 9.51. The molecule has 0 amide bonds. The molecule has 0 spiro atoms. The number of nitriles is 3. The van der Waals surface area contributed by atoms with Gasteiger partial charge in [0.15, 0.2) is 10.8 Å². The van der Waals surface area contributed by atoms with Crippen LogP contribution in [0.25, 0.3) is 0 Å². The van der Waals surface area contributed by atoms with E-state index in [9.17, 15) is 20.2 Å². The zero-order valence-corrected chi connectivity index (χ0v) is 13.0. The Morgan fingerprint density at radius 2 is 1.88 bits per heavy atom. The quantitative estimate of drug-likeness (QED) is 0.853. The van der Waals surface area contributed by atoms with Gasteiger partial charge in [0.2, 0.25) is 11.7 Å². The molecule has 0 aliphatic carbocycles. The number of benzene rings is 1. The Bertz CT molecular complexity index is 851. The topological polar surface area (TPSA) is 114 Å². The van der Waals surface area contributed by atoms with Crippen LogP contribution in [0.2, 0.25) is 0 Å². The lowest BCUT2D eigenvalue weighted by Gasteiger charge is -2.60. The molecule has 6 nitrogen and oxygen atoms in total. The predicted octanol–water partition coefficient (Wildman–Crippen LogP) is 2.80. The smallest absolute Gasteiger partial charge is 0.215 e. The molecule has 4 atom stereocenters. The lowest BCUT2D eigenvalue weighted by molar-refractivity contribution is -0.338. The number of nitrogens with one attached hydrogen (secondary N) is 1. The van der Waals surface area contributed by atoms with Gasteiger partial charge in [0.05, 0.1) is 24.1 Å². The van der Waals surface area contributed by atoms with Crippen LogP contribution in [-0.4, -0.2) is 11.7 Å². The second-order valence-corrected chi connectivity index (χ2v) is 6.17. The van der Waals surface area contributed by atoms with Gasteiger partial charge in [-0.25, -0.2) is 4.39 Å². The highest BCUT2D eigenvalue weighted by Crippen LogP contribution is 2.66. The van der Waals surface area contributed by atoms with Crippen molar-refractivity contribution in [3.05, 3.63) is 35.6 Å². The van der Waals surface area contributed by atoms with Crippen molar-refractivity contribution in [2.24, 2.45) is 16.7 Å². The van der Waals surface area contributed by atoms with Gasteiger partial charge in [0.25, 0.3) is 0 Å². The van der Waals surface area contributed by atoms with Gasteiger partial charge >= 0.3 is 0 Å². The molecular formula is C17H13FN4O2. The minimum atomic E-state index is -1.98. The van der Waals surface area contributed by atoms with E-state index < -0.39 is 40.4 Å². The van der Waals surface area contributed by atoms with E-state index in [1.165, 1.54) is 31.2 Å². The maximum atomic E-state index is 13.7. The fourth-order valence-electron chi connectivity index (χ4n) is 3.64. The van der Waals surface area contributed by atoms with Gasteiger partial charge < -0.3 is 9.47 Å². The third kappa shape index (κ3) is 1.56. The third-order valence-corrected chi connectivity index (χ3v) is 5.15. The maximum Gasteiger partial charge on any atom is 0.215 e. The zero-order valence-electron chi connectivity index (χ0n) is 13.0. The van der Waals surface area contributed by atoms with E-state index in [0.717, 1.165) is 0 Å². The first-order valence-corrected chi connectivity index (χ1v) is 7.26. The highest BCUT2D eigenvalue weighted by atomic mass is 19.1. The fraction of sp³-hybridized carbons (Fsp3) is 0.412. The van der Waals surface area contributed by atoms with Gasteiger partial charge in [-0.05, 0) is 17.7 Å². The number of hydrogen-bond donors (Lipinski definition) is 1. The summed E-state index contributed by atoms with van der Waals surface area (Å²) in [4.78, 5) is 0. The number of rotatable bonds is 1. The van der Waals surface area contributed by atoms with Crippen LogP contribution in [0.4, 0.5) is 4.39 Å². The van der Waals surface area contributed by atoms with Gasteiger partial charge in [-0.1, -0.05) is 19.1 Å². The van der Waals surface area contributed by atoms with Crippen LogP contribution in [0.1, 0.15) is 25.5 Å². The van der Waals surface area contributed by atoms with E-state index in [2.05, 4.69) is 0 Å². The third-order valence-electron chi connectivity index (χ3n) is 5.15. The first-order chi connectivity index (χ1) is 11.3. The molecule has 120 valence electrons. The zero-order chi connectivity index (χ0) is 17.8. The van der Waals surface area contributed by atoms with E-state index in [1.807, 2.05) is 18.2 Å². The molecule has 3 aliphatic heterocycles. The van der Waals surface area contributed by atoms with Gasteiger partial charge in [-0.3, -0.25) is 5.41 Å². The number of hydrogen-bond acceptors (Lipinski definition) is 6. The summed E-state index contributed by atoms with van der Waals surface area (Å²) in [6, 6.07) is 11.2. The van der Waals surface area contributed by atoms with Crippen LogP contribution < -0.4 is 0 Å². The van der Waals surface area contributed by atoms with Crippen LogP contribution in [0.15, 0.2) is 24.3 Å². The summed E-state index contributed by atoms with van der Waals surface area (Å²) in [6.45, 7) is 3.09. The number of nitrogens with zero attached hydrogens (tertiary/aromatic N) is 3. The van der Waals surface area contributed by atoms with Crippen LogP contribution in [0, 0.1) is 62.0 Å². The number of fused-ring (bicyclic) bond motifs is 3. The van der Waals surface area contributed by atoms with Crippen molar-refractivity contribution in [3.8, 4) is 18.2 Å². The van der Waals surface area contributed by atoms with Crippen molar-refractivity contribution in [1.29, 1.82) is 21.2 Å². The largest absolute Gasteiger partial charge is 0.448 e. The lowest BCUT2D eigenvalue weighted by Crippen LogP contribution is -2.71. The molecule has 2 bridgehead atoms. The monoisotopic (exact) mass is 324 g/mol. The molecule has 1 N–H and O–H groups in total. The van der Waals surface area contributed by atoms with E-state index in [0.29, 0.717) is 0 Å². The van der Waals surface area contributed by atoms with Crippen LogP contribution in [-0.2, 0) is 9.47 Å². The molecule has 1 aromatic carbocycles. The minimum absolute atomic E-state index is 0.276. The van der Waals surface area contributed by atoms with Crippen LogP contribution >= 0.6 is 0 Å². The summed E-state index contributed by atoms with van der Waals surface area (Å²) in [5.41, 5.74) is -3.57. The van der Waals surface area contributed by atoms with E-state index in [-0.39, 0.29) is 5.56 Å². The van der Waals surface area contributed by atoms with Gasteiger partial charge in [0.1, 0.15) is 11.9 Å². The summed E-state index contributed by atoms with van der Waals surface area (Å²) in [6.07, 6.45) is -1.17. The van der Waals surface area contributed by atoms with Crippen molar-refractivity contribution in [3.63, 3.8) is 0 Å². The summed E-state index contributed by atoms with van der Waals surface area (Å²) in [7, 11) is 0. The molecule has 7 heteroatoms. The Balaban J connectivity index is 2.35. The van der Waals surface area contributed by atoms with Crippen LogP contribution in [0.3, 0.4) is 0 Å². The Hall–Kier alpha value is -2.95. The summed E-state index contributed by atoms with van der Waals surface area (Å²) < 4.78 is 25.0. The molecule has 3 fully saturated rings. The van der Waals surface area contributed by atoms with Crippen molar-refractivity contribution >= 4 is 5.90 Å². The van der Waals surface area contributed by atoms with Gasteiger partial charge in [-0.15, -0.1) is 0 Å². The molecule has 1 aromatic rings. The maximum absolute atomic E-state index is 13.7. The van der Waals surface area contributed by atoms with Crippen molar-refractivity contribution in [2.75, 3.05) is 0 Å². The van der Waals surface area contributed by atoms with E-state index >= 15 is 0 Å². The first kappa shape index (κ1) is 15.9.